The number of phosphoric acid groups is 3. The lowest BCUT2D eigenvalue weighted by Gasteiger charge is -2.30. The summed E-state index contributed by atoms with van der Waals surface area (Å²) >= 11 is 4.12. The minimum Gasteiger partial charge on any atom is -0.386 e. The number of carbonyl (C=O) groups excluding carboxylic acids is 1. The predicted octanol–water partition coefficient (Wildman–Crippen LogP) is 0.389. The number of hydrogen-bond donors (Lipinski definition) is 9. The van der Waals surface area contributed by atoms with Gasteiger partial charge in [-0.2, -0.15) is 16.9 Å². The highest BCUT2D eigenvalue weighted by Crippen LogP contribution is 2.61. The highest BCUT2D eigenvalue weighted by Gasteiger charge is 2.50. The third-order valence-electron chi connectivity index (χ3n) is 6.81. The Bertz CT molecular complexity index is 1510. The topological polar surface area (TPSA) is 317 Å². The average Bonchev–Trinajstić information content (AvgIpc) is 3.52. The van der Waals surface area contributed by atoms with Gasteiger partial charge in [-0.1, -0.05) is 26.7 Å². The smallest absolute Gasteiger partial charge is 0.386 e. The molecule has 2 unspecified atom stereocenters. The highest BCUT2D eigenvalue weighted by molar-refractivity contribution is 7.80. The van der Waals surface area contributed by atoms with Crippen molar-refractivity contribution in [3.8, 4) is 0 Å². The van der Waals surface area contributed by atoms with Crippen molar-refractivity contribution >= 4 is 59.0 Å². The molecule has 3 heterocycles. The first-order chi connectivity index (χ1) is 21.8. The third-order valence-corrected chi connectivity index (χ3v) is 10.2. The van der Waals surface area contributed by atoms with Crippen molar-refractivity contribution in [3.63, 3.8) is 0 Å². The van der Waals surface area contributed by atoms with Crippen LogP contribution in [0.4, 0.5) is 5.82 Å². The molecular weight excluding hydrogens is 713 g/mol. The van der Waals surface area contributed by atoms with Crippen molar-refractivity contribution < 1.29 is 70.9 Å². The number of fused-ring (bicyclic) bond motifs is 1. The summed E-state index contributed by atoms with van der Waals surface area (Å²) in [6, 6.07) is 0. The van der Waals surface area contributed by atoms with Crippen LogP contribution in [0.25, 0.3) is 11.2 Å². The van der Waals surface area contributed by atoms with Gasteiger partial charge in [0, 0.05) is 12.0 Å². The Labute approximate surface area is 274 Å². The number of imidazole rings is 1. The van der Waals surface area contributed by atoms with E-state index in [1.165, 1.54) is 13.8 Å². The molecule has 0 spiro atoms. The zero-order valence-electron chi connectivity index (χ0n) is 25.2. The van der Waals surface area contributed by atoms with Gasteiger partial charge in [0.05, 0.1) is 19.5 Å². The summed E-state index contributed by atoms with van der Waals surface area (Å²) in [5.41, 5.74) is 4.45. The van der Waals surface area contributed by atoms with E-state index < -0.39 is 78.6 Å². The summed E-state index contributed by atoms with van der Waals surface area (Å²) in [6.07, 6.45) is -3.01. The first-order valence-electron chi connectivity index (χ1n) is 14.0. The van der Waals surface area contributed by atoms with Gasteiger partial charge in [-0.15, -0.1) is 0 Å². The van der Waals surface area contributed by atoms with Crippen LogP contribution in [0.3, 0.4) is 0 Å². The number of nitrogens with one attached hydrogen (secondary N) is 1. The fraction of sp³-hybridized carbons (Fsp3) is 0.727. The monoisotopic (exact) mass is 752 g/mol. The van der Waals surface area contributed by atoms with Crippen LogP contribution < -0.4 is 11.1 Å². The summed E-state index contributed by atoms with van der Waals surface area (Å²) in [4.78, 5) is 63.1. The number of ether oxygens (including phenoxy) is 1. The summed E-state index contributed by atoms with van der Waals surface area (Å²) < 4.78 is 61.9. The van der Waals surface area contributed by atoms with Crippen molar-refractivity contribution in [2.45, 2.75) is 70.2 Å². The van der Waals surface area contributed by atoms with E-state index >= 15 is 0 Å². The van der Waals surface area contributed by atoms with Crippen molar-refractivity contribution in [2.75, 3.05) is 31.2 Å². The SMILES string of the molecule is CC(C)(COP(=O)(O)OP(=O)(O)OC[C@H]1O[C@@H](n2cnc3c(N)ncnc32)[C@H](O)[C@@H]1OP(=O)(O)O)[C@@H](O)C(=O)NCCCCCCS. The molecule has 0 saturated carbocycles. The molecule has 7 atom stereocenters. The van der Waals surface area contributed by atoms with Gasteiger partial charge in [-0.05, 0) is 18.6 Å². The normalized spacial score (nSPS) is 23.8. The molecule has 1 amide bonds. The number of anilines is 1. The maximum atomic E-state index is 12.6. The maximum absolute atomic E-state index is 12.6. The molecule has 9 N–H and O–H groups in total. The first-order valence-corrected chi connectivity index (χ1v) is 19.2. The van der Waals surface area contributed by atoms with E-state index in [4.69, 9.17) is 19.5 Å². The standard InChI is InChI=1S/C22H39N6O15P3S/c1-22(2,17(30)20(31)24-7-5-3-4-6-8-47)10-40-46(37,38)43-45(35,36)39-9-13-16(42-44(32,33)34)15(29)21(41-13)28-12-27-14-18(23)25-11-26-19(14)28/h11-13,15-17,21,29-30,47H,3-10H2,1-2H3,(H,24,31)(H,35,36)(H,37,38)(H2,23,25,26)(H2,32,33,34)/t13-,15-,16-,17+,21-/m1/s1. The number of nitrogen functional groups attached to an aromatic ring is 1. The van der Waals surface area contributed by atoms with Gasteiger partial charge in [0.25, 0.3) is 0 Å². The van der Waals surface area contributed by atoms with Gasteiger partial charge in [0.1, 0.15) is 36.3 Å². The Hall–Kier alpha value is -1.58. The molecule has 1 saturated heterocycles. The fourth-order valence-corrected chi connectivity index (χ4v) is 7.41. The van der Waals surface area contributed by atoms with Gasteiger partial charge in [0.2, 0.25) is 5.91 Å². The second-order valence-corrected chi connectivity index (χ2v) is 15.8. The number of rotatable bonds is 19. The molecule has 47 heavy (non-hydrogen) atoms. The first kappa shape index (κ1) is 39.9. The number of nitrogens with zero attached hydrogens (tertiary/aromatic N) is 4. The summed E-state index contributed by atoms with van der Waals surface area (Å²) in [5.74, 6) is -0.0337. The number of carbonyl (C=O) groups is 1. The van der Waals surface area contributed by atoms with Gasteiger partial charge < -0.3 is 45.6 Å². The molecule has 0 aromatic carbocycles. The van der Waals surface area contributed by atoms with E-state index in [1.807, 2.05) is 0 Å². The van der Waals surface area contributed by atoms with Crippen LogP contribution in [0.1, 0.15) is 45.8 Å². The van der Waals surface area contributed by atoms with Crippen molar-refractivity contribution in [1.29, 1.82) is 0 Å². The molecule has 1 aliphatic rings. The van der Waals surface area contributed by atoms with Crippen LogP contribution >= 0.6 is 36.1 Å². The molecule has 1 aliphatic heterocycles. The number of thiol groups is 1. The maximum Gasteiger partial charge on any atom is 0.481 e. The van der Waals surface area contributed by atoms with E-state index in [0.29, 0.717) is 6.42 Å². The summed E-state index contributed by atoms with van der Waals surface area (Å²) in [7, 11) is -16.2. The molecule has 0 bridgehead atoms. The predicted molar refractivity (Wildman–Crippen MR) is 164 cm³/mol. The van der Waals surface area contributed by atoms with Crippen LogP contribution in [-0.4, -0.2) is 105 Å². The second-order valence-electron chi connectivity index (χ2n) is 11.1. The number of aromatic nitrogens is 4. The third kappa shape index (κ3) is 11.5. The number of unbranched alkanes of at least 4 members (excludes halogenated alkanes) is 3. The van der Waals surface area contributed by atoms with Gasteiger partial charge in [0.15, 0.2) is 17.7 Å². The largest absolute Gasteiger partial charge is 0.481 e. The molecule has 268 valence electrons. The van der Waals surface area contributed by atoms with Gasteiger partial charge >= 0.3 is 23.5 Å². The van der Waals surface area contributed by atoms with Crippen LogP contribution in [-0.2, 0) is 41.1 Å². The Balaban J connectivity index is 1.61. The minimum absolute atomic E-state index is 0.0228. The summed E-state index contributed by atoms with van der Waals surface area (Å²) in [6.45, 7) is 1.10. The van der Waals surface area contributed by atoms with Crippen molar-refractivity contribution in [3.05, 3.63) is 12.7 Å². The Morgan fingerprint density at radius 3 is 2.43 bits per heavy atom. The molecule has 21 nitrogen and oxygen atoms in total. The van der Waals surface area contributed by atoms with Gasteiger partial charge in [-0.25, -0.2) is 28.6 Å². The van der Waals surface area contributed by atoms with E-state index in [2.05, 4.69) is 41.7 Å². The quantitative estimate of drug-likeness (QED) is 0.0532. The fourth-order valence-electron chi connectivity index (χ4n) is 4.35. The average molecular weight is 753 g/mol. The molecule has 1 fully saturated rings. The number of aliphatic hydroxyl groups excluding tert-OH is 2. The zero-order chi connectivity index (χ0) is 35.2. The lowest BCUT2D eigenvalue weighted by Crippen LogP contribution is -2.46. The minimum atomic E-state index is -5.49. The molecule has 2 aromatic rings. The molecule has 2 aromatic heterocycles. The van der Waals surface area contributed by atoms with Gasteiger partial charge in [-0.3, -0.25) is 22.9 Å². The molecule has 25 heteroatoms. The lowest BCUT2D eigenvalue weighted by atomic mass is 9.87. The molecule has 0 aliphatic carbocycles. The highest BCUT2D eigenvalue weighted by atomic mass is 32.1. The number of amides is 1. The number of aliphatic hydroxyl groups is 2. The van der Waals surface area contributed by atoms with Crippen LogP contribution in [0.2, 0.25) is 0 Å². The van der Waals surface area contributed by atoms with E-state index in [0.717, 1.165) is 42.2 Å². The summed E-state index contributed by atoms with van der Waals surface area (Å²) in [5, 5.41) is 23.8. The van der Waals surface area contributed by atoms with Crippen molar-refractivity contribution in [2.24, 2.45) is 5.41 Å². The number of phosphoric ester groups is 3. The lowest BCUT2D eigenvalue weighted by molar-refractivity contribution is -0.136. The van der Waals surface area contributed by atoms with E-state index in [-0.39, 0.29) is 23.5 Å². The van der Waals surface area contributed by atoms with Crippen LogP contribution in [0, 0.1) is 5.41 Å². The number of hydrogen-bond acceptors (Lipinski definition) is 16. The Kier molecular flexibility index (Phi) is 13.9. The molecular formula is C22H39N6O15P3S. The van der Waals surface area contributed by atoms with Crippen LogP contribution in [0.15, 0.2) is 12.7 Å². The van der Waals surface area contributed by atoms with Crippen LogP contribution in [0.5, 0.6) is 0 Å². The Morgan fingerprint density at radius 1 is 1.11 bits per heavy atom. The van der Waals surface area contributed by atoms with E-state index in [1.54, 1.807) is 0 Å². The van der Waals surface area contributed by atoms with E-state index in [9.17, 15) is 48.3 Å². The number of nitrogens with two attached hydrogens (primary N) is 1. The molecule has 3 rings (SSSR count). The zero-order valence-corrected chi connectivity index (χ0v) is 28.8. The van der Waals surface area contributed by atoms with Crippen molar-refractivity contribution in [1.82, 2.24) is 24.8 Å². The molecule has 0 radical (unpaired) electrons. The Morgan fingerprint density at radius 2 is 1.77 bits per heavy atom. The second kappa shape index (κ2) is 16.4.